The van der Waals surface area contributed by atoms with Crippen molar-refractivity contribution in [2.24, 2.45) is 5.41 Å². The molecule has 0 unspecified atom stereocenters. The summed E-state index contributed by atoms with van der Waals surface area (Å²) >= 11 is 0. The molecule has 184 valence electrons. The van der Waals surface area contributed by atoms with Gasteiger partial charge in [0.15, 0.2) is 5.78 Å². The lowest BCUT2D eigenvalue weighted by atomic mass is 9.94. The predicted molar refractivity (Wildman–Crippen MR) is 128 cm³/mol. The first-order chi connectivity index (χ1) is 16.2. The van der Waals surface area contributed by atoms with Gasteiger partial charge < -0.3 is 14.8 Å². The standard InChI is InChI=1S/C26H35N3O5/c1-5-21-23-22(8-6-14-33-15-7-13-27-24(23)31)29(28-21)16-26(3,4)17-34-25(32)20-11-9-19(10-12-20)18(2)30/h9-12H,5-8,13-17H2,1-4H3,(H,27,31). The highest BCUT2D eigenvalue weighted by molar-refractivity contribution is 5.97. The molecule has 1 aliphatic heterocycles. The number of aromatic nitrogens is 2. The minimum Gasteiger partial charge on any atom is -0.461 e. The highest BCUT2D eigenvalue weighted by Gasteiger charge is 2.28. The van der Waals surface area contributed by atoms with Gasteiger partial charge in [-0.15, -0.1) is 0 Å². The monoisotopic (exact) mass is 469 g/mol. The number of Topliss-reactive ketones (excluding diaryl/α,β-unsaturated/α-hetero) is 1. The van der Waals surface area contributed by atoms with Crippen LogP contribution in [-0.2, 0) is 28.9 Å². The smallest absolute Gasteiger partial charge is 0.338 e. The summed E-state index contributed by atoms with van der Waals surface area (Å²) in [6.07, 6.45) is 2.94. The Kier molecular flexibility index (Phi) is 8.61. The SMILES string of the molecule is CCc1nn(CC(C)(C)COC(=O)c2ccc(C(C)=O)cc2)c2c1C(=O)NCCCOCCC2. The first kappa shape index (κ1) is 25.6. The minimum absolute atomic E-state index is 0.0521. The molecule has 3 rings (SSSR count). The number of hydrogen-bond donors (Lipinski definition) is 1. The van der Waals surface area contributed by atoms with Gasteiger partial charge in [-0.3, -0.25) is 14.3 Å². The molecule has 34 heavy (non-hydrogen) atoms. The van der Waals surface area contributed by atoms with Crippen LogP contribution in [0, 0.1) is 5.41 Å². The zero-order chi connectivity index (χ0) is 24.7. The van der Waals surface area contributed by atoms with Gasteiger partial charge in [0.1, 0.15) is 0 Å². The van der Waals surface area contributed by atoms with Crippen molar-refractivity contribution in [1.82, 2.24) is 15.1 Å². The molecule has 0 radical (unpaired) electrons. The molecule has 0 saturated heterocycles. The van der Waals surface area contributed by atoms with Gasteiger partial charge in [0.2, 0.25) is 0 Å². The number of hydrogen-bond acceptors (Lipinski definition) is 6. The molecule has 0 spiro atoms. The maximum Gasteiger partial charge on any atom is 0.338 e. The molecule has 0 atom stereocenters. The van der Waals surface area contributed by atoms with Crippen molar-refractivity contribution in [1.29, 1.82) is 0 Å². The molecule has 2 heterocycles. The van der Waals surface area contributed by atoms with E-state index in [4.69, 9.17) is 14.6 Å². The van der Waals surface area contributed by atoms with Gasteiger partial charge in [0.25, 0.3) is 5.91 Å². The largest absolute Gasteiger partial charge is 0.461 e. The summed E-state index contributed by atoms with van der Waals surface area (Å²) in [6.45, 7) is 10.0. The van der Waals surface area contributed by atoms with E-state index in [0.29, 0.717) is 55.8 Å². The first-order valence-corrected chi connectivity index (χ1v) is 11.9. The number of esters is 1. The Bertz CT molecular complexity index is 1020. The van der Waals surface area contributed by atoms with Crippen LogP contribution in [0.5, 0.6) is 0 Å². The normalized spacial score (nSPS) is 15.1. The Hall–Kier alpha value is -3.00. The third-order valence-corrected chi connectivity index (χ3v) is 5.84. The third-order valence-electron chi connectivity index (χ3n) is 5.84. The quantitative estimate of drug-likeness (QED) is 0.491. The van der Waals surface area contributed by atoms with E-state index in [2.05, 4.69) is 5.32 Å². The van der Waals surface area contributed by atoms with E-state index < -0.39 is 11.4 Å². The van der Waals surface area contributed by atoms with Crippen molar-refractivity contribution in [2.75, 3.05) is 26.4 Å². The summed E-state index contributed by atoms with van der Waals surface area (Å²) < 4.78 is 13.2. The van der Waals surface area contributed by atoms with E-state index in [1.54, 1.807) is 24.3 Å². The number of aryl methyl sites for hydroxylation is 1. The first-order valence-electron chi connectivity index (χ1n) is 11.9. The van der Waals surface area contributed by atoms with Gasteiger partial charge in [-0.05, 0) is 44.7 Å². The Morgan fingerprint density at radius 2 is 1.82 bits per heavy atom. The zero-order valence-corrected chi connectivity index (χ0v) is 20.6. The van der Waals surface area contributed by atoms with Crippen LogP contribution in [0.2, 0.25) is 0 Å². The minimum atomic E-state index is -0.436. The molecule has 1 amide bonds. The molecular formula is C26H35N3O5. The van der Waals surface area contributed by atoms with E-state index in [1.165, 1.54) is 6.92 Å². The van der Waals surface area contributed by atoms with Gasteiger partial charge in [-0.25, -0.2) is 4.79 Å². The van der Waals surface area contributed by atoms with Crippen molar-refractivity contribution in [3.8, 4) is 0 Å². The van der Waals surface area contributed by atoms with Crippen LogP contribution in [0.4, 0.5) is 0 Å². The molecule has 1 aromatic carbocycles. The lowest BCUT2D eigenvalue weighted by Gasteiger charge is -2.25. The van der Waals surface area contributed by atoms with Crippen LogP contribution in [0.3, 0.4) is 0 Å². The summed E-state index contributed by atoms with van der Waals surface area (Å²) in [6, 6.07) is 6.45. The summed E-state index contributed by atoms with van der Waals surface area (Å²) in [7, 11) is 0. The van der Waals surface area contributed by atoms with Crippen LogP contribution in [0.1, 0.15) is 83.0 Å². The molecule has 0 saturated carbocycles. The Morgan fingerprint density at radius 1 is 1.15 bits per heavy atom. The highest BCUT2D eigenvalue weighted by atomic mass is 16.5. The average molecular weight is 470 g/mol. The molecule has 0 aliphatic carbocycles. The Balaban J connectivity index is 1.74. The Labute approximate surface area is 201 Å². The number of nitrogens with one attached hydrogen (secondary N) is 1. The number of carbonyl (C=O) groups is 3. The lowest BCUT2D eigenvalue weighted by molar-refractivity contribution is 0.0304. The molecule has 1 aliphatic rings. The van der Waals surface area contributed by atoms with Gasteiger partial charge in [-0.2, -0.15) is 5.10 Å². The van der Waals surface area contributed by atoms with Gasteiger partial charge in [0, 0.05) is 37.3 Å². The fourth-order valence-corrected chi connectivity index (χ4v) is 3.99. The molecule has 1 aromatic heterocycles. The second-order valence-electron chi connectivity index (χ2n) is 9.48. The fourth-order valence-electron chi connectivity index (χ4n) is 3.99. The predicted octanol–water partition coefficient (Wildman–Crippen LogP) is 3.61. The highest BCUT2D eigenvalue weighted by Crippen LogP contribution is 2.25. The zero-order valence-electron chi connectivity index (χ0n) is 20.6. The molecular weight excluding hydrogens is 434 g/mol. The molecule has 2 aromatic rings. The summed E-state index contributed by atoms with van der Waals surface area (Å²) in [5.74, 6) is -0.573. The number of carbonyl (C=O) groups excluding carboxylic acids is 3. The van der Waals surface area contributed by atoms with E-state index in [1.807, 2.05) is 25.5 Å². The lowest BCUT2D eigenvalue weighted by Crippen LogP contribution is -2.29. The summed E-state index contributed by atoms with van der Waals surface area (Å²) in [5, 5.41) is 7.76. The van der Waals surface area contributed by atoms with E-state index in [9.17, 15) is 14.4 Å². The second kappa shape index (κ2) is 11.4. The van der Waals surface area contributed by atoms with Gasteiger partial charge >= 0.3 is 5.97 Å². The van der Waals surface area contributed by atoms with Crippen molar-refractivity contribution < 1.29 is 23.9 Å². The molecule has 8 heteroatoms. The van der Waals surface area contributed by atoms with Crippen LogP contribution in [0.25, 0.3) is 0 Å². The number of fused-ring (bicyclic) bond motifs is 1. The van der Waals surface area contributed by atoms with Gasteiger partial charge in [0.05, 0.1) is 29.1 Å². The molecule has 0 fully saturated rings. The number of nitrogens with zero attached hydrogens (tertiary/aromatic N) is 2. The molecule has 1 N–H and O–H groups in total. The molecule has 8 nitrogen and oxygen atoms in total. The number of benzene rings is 1. The van der Waals surface area contributed by atoms with Crippen LogP contribution < -0.4 is 5.32 Å². The number of rotatable bonds is 7. The molecule has 0 bridgehead atoms. The van der Waals surface area contributed by atoms with Crippen molar-refractivity contribution in [3.05, 3.63) is 52.3 Å². The number of ketones is 1. The summed E-state index contributed by atoms with van der Waals surface area (Å²) in [5.41, 5.74) is 2.89. The second-order valence-corrected chi connectivity index (χ2v) is 9.48. The van der Waals surface area contributed by atoms with Crippen molar-refractivity contribution >= 4 is 17.7 Å². The Morgan fingerprint density at radius 3 is 2.50 bits per heavy atom. The maximum absolute atomic E-state index is 12.9. The van der Waals surface area contributed by atoms with E-state index >= 15 is 0 Å². The van der Waals surface area contributed by atoms with Crippen molar-refractivity contribution in [2.45, 2.75) is 59.9 Å². The van der Waals surface area contributed by atoms with Crippen LogP contribution in [-0.4, -0.2) is 53.8 Å². The topological polar surface area (TPSA) is 99.5 Å². The summed E-state index contributed by atoms with van der Waals surface area (Å²) in [4.78, 5) is 36.9. The maximum atomic E-state index is 12.9. The van der Waals surface area contributed by atoms with E-state index in [0.717, 1.165) is 24.2 Å². The van der Waals surface area contributed by atoms with Crippen molar-refractivity contribution in [3.63, 3.8) is 0 Å². The third kappa shape index (κ3) is 6.53. The fraction of sp³-hybridized carbons (Fsp3) is 0.538. The van der Waals surface area contributed by atoms with Crippen LogP contribution in [0.15, 0.2) is 24.3 Å². The number of amides is 1. The van der Waals surface area contributed by atoms with Crippen LogP contribution >= 0.6 is 0 Å². The van der Waals surface area contributed by atoms with E-state index in [-0.39, 0.29) is 18.3 Å². The van der Waals surface area contributed by atoms with Gasteiger partial charge in [-0.1, -0.05) is 32.9 Å². The number of ether oxygens (including phenoxy) is 2. The average Bonchev–Trinajstić information content (AvgIpc) is 3.13.